The lowest BCUT2D eigenvalue weighted by molar-refractivity contribution is -0.382. The van der Waals surface area contributed by atoms with Crippen molar-refractivity contribution in [1.29, 1.82) is 0 Å². The Hall–Kier alpha value is -3.40. The predicted molar refractivity (Wildman–Crippen MR) is 126 cm³/mol. The van der Waals surface area contributed by atoms with Crippen molar-refractivity contribution in [3.63, 3.8) is 0 Å². The fraction of sp³-hybridized carbons (Fsp3) is 0.333. The van der Waals surface area contributed by atoms with Gasteiger partial charge in [-0.1, -0.05) is 49.6 Å². The van der Waals surface area contributed by atoms with Crippen LogP contribution in [0.5, 0.6) is 0 Å². The standard InChI is InChI=1S/C4H6O2.C4H6.C3H6O2.C3H6.C2H4O2.C2H4.4O2/c1-2-4-6-5-3-1;1-3-4-2;1-2-3-5-4;1-3-2;1-2-4-3-1;5*1-2/h1-2H,3-4H2;3-4H,1-2H2;2,4H,1,3H2;3H,1H2,2H3;1-2H2;1-2H2;;;;/i;;;;2*1D;;;;. The molecule has 2 heterocycles. The fourth-order valence-electron chi connectivity index (χ4n) is 0.432. The molecule has 0 aliphatic carbocycles. The lowest BCUT2D eigenvalue weighted by Gasteiger charge is -2.08. The Morgan fingerprint density at radius 2 is 1.19 bits per heavy atom. The summed E-state index contributed by atoms with van der Waals surface area (Å²) in [5.74, 6) is 0. The van der Waals surface area contributed by atoms with Gasteiger partial charge in [0.05, 0.1) is 9.35 Å². The maximum Gasteiger partial charge on any atom is 0.109 e. The average Bonchev–Trinajstić information content (AvgIpc) is 2.91. The minimum atomic E-state index is -0.407. The number of rotatable bonds is 3. The molecule has 0 spiro atoms. The zero-order valence-corrected chi connectivity index (χ0v) is 17.7. The quantitative estimate of drug-likeness (QED) is 0.254. The van der Waals surface area contributed by atoms with Gasteiger partial charge in [0, 0.05) is 39.7 Å². The van der Waals surface area contributed by atoms with E-state index < -0.39 is 6.58 Å². The van der Waals surface area contributed by atoms with E-state index in [9.17, 15) is 0 Å². The summed E-state index contributed by atoms with van der Waals surface area (Å²) < 4.78 is 12.5. The number of hydrogen-bond acceptors (Lipinski definition) is 14. The molecule has 32 heavy (non-hydrogen) atoms. The van der Waals surface area contributed by atoms with Crippen molar-refractivity contribution < 1.29 is 32.4 Å². The highest BCUT2D eigenvalue weighted by Crippen LogP contribution is 1.87. The topological polar surface area (TPSA) is 203 Å². The molecule has 188 valence electrons. The van der Waals surface area contributed by atoms with Gasteiger partial charge in [-0.25, -0.2) is 24.4 Å². The zero-order chi connectivity index (χ0) is 28.9. The lowest BCUT2D eigenvalue weighted by Crippen LogP contribution is -2.14. The van der Waals surface area contributed by atoms with Crippen molar-refractivity contribution in [2.75, 3.05) is 33.0 Å². The van der Waals surface area contributed by atoms with Crippen molar-refractivity contribution in [3.05, 3.63) is 116 Å². The van der Waals surface area contributed by atoms with Gasteiger partial charge in [-0.15, -0.1) is 26.3 Å². The van der Waals surface area contributed by atoms with Crippen molar-refractivity contribution in [2.24, 2.45) is 0 Å². The van der Waals surface area contributed by atoms with E-state index in [-0.39, 0.29) is 6.61 Å². The first kappa shape index (κ1) is 42.7. The molecule has 1 atom stereocenters. The number of hydrogen-bond donors (Lipinski definition) is 1. The molecule has 0 aromatic carbocycles. The van der Waals surface area contributed by atoms with Gasteiger partial charge < -0.3 is 0 Å². The molecule has 2 rings (SSSR count). The molecule has 0 radical (unpaired) electrons. The van der Waals surface area contributed by atoms with Crippen molar-refractivity contribution in [1.82, 2.24) is 0 Å². The molecule has 14 nitrogen and oxygen atoms in total. The Bertz CT molecular complexity index is 369. The van der Waals surface area contributed by atoms with E-state index in [1.807, 2.05) is 19.1 Å². The molecule has 1 N–H and O–H groups in total. The van der Waals surface area contributed by atoms with Crippen molar-refractivity contribution in [3.8, 4) is 0 Å². The van der Waals surface area contributed by atoms with Crippen LogP contribution in [0.25, 0.3) is 0 Å². The van der Waals surface area contributed by atoms with E-state index in [1.165, 1.54) is 6.08 Å². The van der Waals surface area contributed by atoms with Crippen molar-refractivity contribution >= 4 is 0 Å². The molecule has 14 heteroatoms. The van der Waals surface area contributed by atoms with Gasteiger partial charge >= 0.3 is 0 Å². The third-order valence-electron chi connectivity index (χ3n) is 1.21. The van der Waals surface area contributed by atoms with Crippen LogP contribution in [0, 0.1) is 39.7 Å². The van der Waals surface area contributed by atoms with Gasteiger partial charge in [0.1, 0.15) is 26.4 Å². The summed E-state index contributed by atoms with van der Waals surface area (Å²) in [6.45, 7) is 20.7. The minimum absolute atomic E-state index is 0.208. The molecule has 0 aromatic heterocycles. The van der Waals surface area contributed by atoms with Crippen LogP contribution < -0.4 is 0 Å². The summed E-state index contributed by atoms with van der Waals surface area (Å²) in [6, 6.07) is 0. The van der Waals surface area contributed by atoms with Gasteiger partial charge in [0.25, 0.3) is 0 Å². The van der Waals surface area contributed by atoms with E-state index in [4.69, 9.17) is 47.7 Å². The van der Waals surface area contributed by atoms with E-state index in [1.54, 1.807) is 18.2 Å². The molecule has 0 aromatic rings. The molecule has 0 amide bonds. The summed E-state index contributed by atoms with van der Waals surface area (Å²) in [4.78, 5) is 76.8. The molecule has 1 saturated heterocycles. The third-order valence-corrected chi connectivity index (χ3v) is 1.21. The van der Waals surface area contributed by atoms with Crippen LogP contribution in [-0.4, -0.2) is 38.3 Å². The second-order valence-corrected chi connectivity index (χ2v) is 3.05. The highest BCUT2D eigenvalue weighted by molar-refractivity contribution is 4.88. The molecule has 0 bridgehead atoms. The Kier molecular flexibility index (Phi) is 164. The Morgan fingerprint density at radius 1 is 0.906 bits per heavy atom. The van der Waals surface area contributed by atoms with Crippen LogP contribution in [0.3, 0.4) is 0 Å². The Balaban J connectivity index is -0.0000000381. The second kappa shape index (κ2) is 123. The Morgan fingerprint density at radius 3 is 1.22 bits per heavy atom. The smallest absolute Gasteiger partial charge is 0.109 e. The maximum atomic E-state index is 7.50. The number of allylic oxidation sites excluding steroid dienone is 3. The first-order chi connectivity index (χ1) is 16.6. The Labute approximate surface area is 189 Å². The largest absolute Gasteiger partial charge is 0.252 e. The van der Waals surface area contributed by atoms with E-state index >= 15 is 0 Å². The van der Waals surface area contributed by atoms with E-state index in [0.717, 1.165) is 6.55 Å². The predicted octanol–water partition coefficient (Wildman–Crippen LogP) is 4.74. The highest BCUT2D eigenvalue weighted by Gasteiger charge is 1.95. The van der Waals surface area contributed by atoms with Crippen LogP contribution in [-0.2, 0) is 24.4 Å². The summed E-state index contributed by atoms with van der Waals surface area (Å²) in [7, 11) is 0. The molecule has 1 fully saturated rings. The van der Waals surface area contributed by atoms with Gasteiger partial charge in [0.2, 0.25) is 0 Å². The lowest BCUT2D eigenvalue weighted by atomic mass is 10.5. The SMILES string of the molecule is C1=CCOOC1.C=CC.C=CC=C.C=CCOO.O=O.O=O.O=O.O=O.[2H]C1COO1.[2H]C=C. The third kappa shape index (κ3) is 189. The van der Waals surface area contributed by atoms with E-state index in [0.29, 0.717) is 19.8 Å². The van der Waals surface area contributed by atoms with Gasteiger partial charge in [-0.05, 0) is 6.92 Å². The summed E-state index contributed by atoms with van der Waals surface area (Å²) in [6.07, 6.45) is 10.3. The van der Waals surface area contributed by atoms with E-state index in [2.05, 4.69) is 57.3 Å². The molecule has 2 aliphatic rings. The van der Waals surface area contributed by atoms with Crippen LogP contribution in [0.4, 0.5) is 0 Å². The summed E-state index contributed by atoms with van der Waals surface area (Å²) in [5.41, 5.74) is 0. The molecule has 1 unspecified atom stereocenters. The molecule has 0 saturated carbocycles. The normalized spacial score (nSPS) is 12.9. The molecular weight excluding hydrogens is 440 g/mol. The summed E-state index contributed by atoms with van der Waals surface area (Å²) in [5, 5.41) is 7.50. The first-order valence-electron chi connectivity index (χ1n) is 8.65. The molecule has 2 aliphatic heterocycles. The average molecular weight is 474 g/mol. The summed E-state index contributed by atoms with van der Waals surface area (Å²) >= 11 is 0. The van der Waals surface area contributed by atoms with Crippen molar-refractivity contribution in [2.45, 2.75) is 6.92 Å². The second-order valence-electron chi connectivity index (χ2n) is 3.05. The maximum absolute atomic E-state index is 7.50. The zero-order valence-electron chi connectivity index (χ0n) is 19.7. The fourth-order valence-corrected chi connectivity index (χ4v) is 0.432. The van der Waals surface area contributed by atoms with Crippen LogP contribution in [0.15, 0.2) is 75.9 Å². The highest BCUT2D eigenvalue weighted by atomic mass is 17.2. The van der Waals surface area contributed by atoms with Gasteiger partial charge in [0.15, 0.2) is 0 Å². The van der Waals surface area contributed by atoms with Crippen LogP contribution in [0.2, 0.25) is 0 Å². The minimum Gasteiger partial charge on any atom is -0.252 e. The molecular formula is C18H32O14. The van der Waals surface area contributed by atoms with Gasteiger partial charge in [-0.3, -0.25) is 5.26 Å². The van der Waals surface area contributed by atoms with Crippen LogP contribution in [0.1, 0.15) is 9.67 Å². The van der Waals surface area contributed by atoms with Gasteiger partial charge in [-0.2, -0.15) is 0 Å². The first-order valence-corrected chi connectivity index (χ1v) is 7.49. The monoisotopic (exact) mass is 474 g/mol. The van der Waals surface area contributed by atoms with Crippen LogP contribution >= 0.6 is 0 Å².